The van der Waals surface area contributed by atoms with Gasteiger partial charge in [-0.3, -0.25) is 4.79 Å². The molecule has 224 valence electrons. The number of amides is 1. The highest BCUT2D eigenvalue weighted by molar-refractivity contribution is 5.97. The fraction of sp³-hybridized carbons (Fsp3) is 0.300. The molecule has 4 aromatic rings. The average molecular weight is 597 g/mol. The van der Waals surface area contributed by atoms with E-state index in [4.69, 9.17) is 15.2 Å². The van der Waals surface area contributed by atoms with Gasteiger partial charge in [0.05, 0.1) is 19.4 Å². The summed E-state index contributed by atoms with van der Waals surface area (Å²) < 4.78 is 54.7. The van der Waals surface area contributed by atoms with Crippen molar-refractivity contribution in [1.29, 1.82) is 0 Å². The second-order valence-electron chi connectivity index (χ2n) is 10.5. The Balaban J connectivity index is 1.46. The van der Waals surface area contributed by atoms with E-state index in [1.807, 2.05) is 30.3 Å². The summed E-state index contributed by atoms with van der Waals surface area (Å²) in [5.74, 6) is -7.93. The monoisotopic (exact) mass is 596 g/mol. The lowest BCUT2D eigenvalue weighted by Gasteiger charge is -2.50. The molecule has 0 saturated carbocycles. The quantitative estimate of drug-likeness (QED) is 0.248. The zero-order valence-corrected chi connectivity index (χ0v) is 22.5. The number of halogens is 3. The number of hydrogen-bond acceptors (Lipinski definition) is 8. The summed E-state index contributed by atoms with van der Waals surface area (Å²) in [7, 11) is 0. The fourth-order valence-corrected chi connectivity index (χ4v) is 6.14. The smallest absolute Gasteiger partial charge is 0.249 e. The van der Waals surface area contributed by atoms with Gasteiger partial charge in [0.25, 0.3) is 0 Å². The van der Waals surface area contributed by atoms with E-state index in [9.17, 15) is 33.3 Å². The van der Waals surface area contributed by atoms with Gasteiger partial charge in [0.1, 0.15) is 30.0 Å². The van der Waals surface area contributed by atoms with Gasteiger partial charge in [0, 0.05) is 17.0 Å². The predicted octanol–water partition coefficient (Wildman–Crippen LogP) is 2.68. The van der Waals surface area contributed by atoms with E-state index in [2.05, 4.69) is 10.3 Å². The molecule has 2 fully saturated rings. The lowest BCUT2D eigenvalue weighted by Crippen LogP contribution is -2.64. The minimum absolute atomic E-state index is 0.0763. The molecule has 2 aliphatic rings. The number of aromatic nitrogens is 3. The molecule has 5 N–H and O–H groups in total. The number of carbonyl (C=O) groups excluding carboxylic acids is 1. The number of ether oxygens (including phenoxy) is 2. The molecule has 1 amide bonds. The van der Waals surface area contributed by atoms with Crippen LogP contribution >= 0.6 is 0 Å². The maximum absolute atomic E-state index is 13.9. The van der Waals surface area contributed by atoms with E-state index in [1.165, 1.54) is 6.20 Å². The molecule has 0 aliphatic carbocycles. The largest absolute Gasteiger partial charge is 0.394 e. The fourth-order valence-electron chi connectivity index (χ4n) is 6.14. The molecule has 2 aliphatic heterocycles. The van der Waals surface area contributed by atoms with Crippen molar-refractivity contribution in [3.63, 3.8) is 0 Å². The predicted molar refractivity (Wildman–Crippen MR) is 145 cm³/mol. The number of carbonyl (C=O) groups is 1. The van der Waals surface area contributed by atoms with Gasteiger partial charge in [-0.25, -0.2) is 17.9 Å². The summed E-state index contributed by atoms with van der Waals surface area (Å²) in [6.45, 7) is -0.595. The van der Waals surface area contributed by atoms with Gasteiger partial charge < -0.3 is 30.5 Å². The third kappa shape index (κ3) is 4.79. The van der Waals surface area contributed by atoms with Crippen LogP contribution in [0.4, 0.5) is 13.2 Å². The van der Waals surface area contributed by atoms with Crippen LogP contribution in [-0.2, 0) is 9.47 Å². The third-order valence-electron chi connectivity index (χ3n) is 8.10. The number of nitrogens with zero attached hydrogens (tertiary/aromatic N) is 3. The number of benzene rings is 3. The molecular weight excluding hydrogens is 569 g/mol. The Hall–Kier alpha value is -4.14. The minimum Gasteiger partial charge on any atom is -0.394 e. The van der Waals surface area contributed by atoms with Crippen molar-refractivity contribution in [2.24, 2.45) is 5.73 Å². The summed E-state index contributed by atoms with van der Waals surface area (Å²) in [5, 5.41) is 41.2. The number of aliphatic hydroxyl groups excluding tert-OH is 3. The Morgan fingerprint density at radius 3 is 2.44 bits per heavy atom. The highest BCUT2D eigenvalue weighted by atomic mass is 19.2. The number of hydrogen-bond donors (Lipinski definition) is 4. The van der Waals surface area contributed by atoms with Gasteiger partial charge in [-0.1, -0.05) is 47.7 Å². The van der Waals surface area contributed by atoms with Crippen LogP contribution in [-0.4, -0.2) is 73.5 Å². The molecule has 6 rings (SSSR count). The van der Waals surface area contributed by atoms with Crippen LogP contribution in [0.2, 0.25) is 0 Å². The summed E-state index contributed by atoms with van der Waals surface area (Å²) in [5.41, 5.74) is 7.64. The molecule has 0 radical (unpaired) electrons. The SMILES string of the molecule is NC(=O)c1cccc(-c2ccccc2)c1[C@H]1CCO[C@]12O[C@H](CO)[C@H](O)[C@H](n1cc(-c3cc(F)c(F)c(F)c3)nn1)[C@H]2O. The highest BCUT2D eigenvalue weighted by Crippen LogP contribution is 2.52. The van der Waals surface area contributed by atoms with Crippen molar-refractivity contribution in [2.75, 3.05) is 13.2 Å². The van der Waals surface area contributed by atoms with Crippen molar-refractivity contribution in [3.05, 3.63) is 95.4 Å². The van der Waals surface area contributed by atoms with Crippen molar-refractivity contribution < 1.29 is 42.8 Å². The lowest BCUT2D eigenvalue weighted by molar-refractivity contribution is -0.344. The van der Waals surface area contributed by atoms with Crippen molar-refractivity contribution in [1.82, 2.24) is 15.0 Å². The first kappa shape index (κ1) is 29.0. The van der Waals surface area contributed by atoms with Gasteiger partial charge in [-0.2, -0.15) is 0 Å². The summed E-state index contributed by atoms with van der Waals surface area (Å²) in [4.78, 5) is 12.7. The topological polar surface area (TPSA) is 153 Å². The molecule has 43 heavy (non-hydrogen) atoms. The second kappa shape index (κ2) is 11.2. The number of aliphatic hydroxyl groups is 3. The molecular formula is C30H27F3N4O6. The molecule has 10 nitrogen and oxygen atoms in total. The first-order chi connectivity index (χ1) is 20.7. The van der Waals surface area contributed by atoms with E-state index < -0.39 is 66.0 Å². The number of rotatable bonds is 6. The Labute approximate surface area is 243 Å². The van der Waals surface area contributed by atoms with Crippen LogP contribution in [0.25, 0.3) is 22.4 Å². The Bertz CT molecular complexity index is 1650. The van der Waals surface area contributed by atoms with Crippen LogP contribution in [0.15, 0.2) is 66.9 Å². The normalized spacial score (nSPS) is 27.1. The van der Waals surface area contributed by atoms with Gasteiger partial charge in [0.15, 0.2) is 17.5 Å². The van der Waals surface area contributed by atoms with Gasteiger partial charge >= 0.3 is 0 Å². The maximum Gasteiger partial charge on any atom is 0.249 e. The summed E-state index contributed by atoms with van der Waals surface area (Å²) >= 11 is 0. The van der Waals surface area contributed by atoms with Gasteiger partial charge in [-0.15, -0.1) is 5.10 Å². The van der Waals surface area contributed by atoms with Crippen LogP contribution in [0.1, 0.15) is 34.3 Å². The minimum atomic E-state index is -1.90. The summed E-state index contributed by atoms with van der Waals surface area (Å²) in [6.07, 6.45) is -3.01. The molecule has 13 heteroatoms. The first-order valence-electron chi connectivity index (χ1n) is 13.5. The third-order valence-corrected chi connectivity index (χ3v) is 8.10. The van der Waals surface area contributed by atoms with Crippen LogP contribution < -0.4 is 5.73 Å². The standard InChI is InChI=1S/C30H27F3N4O6/c31-20-11-16(12-21(32)25(20)33)22-13-37(36-35-22)26-27(39)23(14-38)43-30(28(26)40)19(9-10-42-30)24-17(15-5-2-1-3-6-15)7-4-8-18(24)29(34)41/h1-8,11-13,19,23,26-28,38-40H,9-10,14H2,(H2,34,41)/t19-,23-,26+,27+,28-,30+/m1/s1. The van der Waals surface area contributed by atoms with E-state index >= 15 is 0 Å². The molecule has 3 aromatic carbocycles. The van der Waals surface area contributed by atoms with Crippen LogP contribution in [0.5, 0.6) is 0 Å². The number of primary amides is 1. The lowest BCUT2D eigenvalue weighted by atomic mass is 9.76. The Morgan fingerprint density at radius 1 is 1.05 bits per heavy atom. The first-order valence-corrected chi connectivity index (χ1v) is 13.5. The highest BCUT2D eigenvalue weighted by Gasteiger charge is 2.62. The van der Waals surface area contributed by atoms with Gasteiger partial charge in [-0.05, 0) is 41.3 Å². The molecule has 3 heterocycles. The molecule has 1 spiro atoms. The molecule has 2 saturated heterocycles. The van der Waals surface area contributed by atoms with Crippen molar-refractivity contribution in [3.8, 4) is 22.4 Å². The molecule has 0 unspecified atom stereocenters. The van der Waals surface area contributed by atoms with E-state index in [0.717, 1.165) is 22.4 Å². The Morgan fingerprint density at radius 2 is 1.77 bits per heavy atom. The van der Waals surface area contributed by atoms with E-state index in [1.54, 1.807) is 18.2 Å². The van der Waals surface area contributed by atoms with E-state index in [0.29, 0.717) is 11.1 Å². The Kier molecular flexibility index (Phi) is 7.52. The zero-order valence-electron chi connectivity index (χ0n) is 22.5. The van der Waals surface area contributed by atoms with Crippen molar-refractivity contribution >= 4 is 5.91 Å². The average Bonchev–Trinajstić information content (AvgIpc) is 3.66. The zero-order chi connectivity index (χ0) is 30.5. The number of nitrogens with two attached hydrogens (primary N) is 1. The van der Waals surface area contributed by atoms with Gasteiger partial charge in [0.2, 0.25) is 11.7 Å². The maximum atomic E-state index is 13.9. The van der Waals surface area contributed by atoms with E-state index in [-0.39, 0.29) is 29.8 Å². The molecule has 0 bridgehead atoms. The summed E-state index contributed by atoms with van der Waals surface area (Å²) in [6, 6.07) is 14.4. The van der Waals surface area contributed by atoms with Crippen molar-refractivity contribution in [2.45, 2.75) is 42.5 Å². The van der Waals surface area contributed by atoms with Crippen LogP contribution in [0.3, 0.4) is 0 Å². The molecule has 1 aromatic heterocycles. The molecule has 6 atom stereocenters. The second-order valence-corrected chi connectivity index (χ2v) is 10.5. The van der Waals surface area contributed by atoms with Crippen LogP contribution in [0, 0.1) is 17.5 Å².